The van der Waals surface area contributed by atoms with Gasteiger partial charge in [0, 0.05) is 16.8 Å². The minimum absolute atomic E-state index is 0.463. The molecule has 1 aromatic heterocycles. The van der Waals surface area contributed by atoms with Gasteiger partial charge in [-0.05, 0) is 30.3 Å². The van der Waals surface area contributed by atoms with Crippen molar-refractivity contribution in [1.29, 1.82) is 10.5 Å². The van der Waals surface area contributed by atoms with E-state index in [1.54, 1.807) is 25.3 Å². The summed E-state index contributed by atoms with van der Waals surface area (Å²) in [5.74, 6) is 0.726. The molecule has 3 aromatic carbocycles. The lowest BCUT2D eigenvalue weighted by molar-refractivity contribution is 0.415. The fraction of sp³-hybridized carbons (Fsp3) is 0.0476. The maximum Gasteiger partial charge on any atom is 0.120 e. The van der Waals surface area contributed by atoms with Crippen molar-refractivity contribution in [2.24, 2.45) is 0 Å². The zero-order valence-corrected chi connectivity index (χ0v) is 13.5. The Morgan fingerprint density at radius 3 is 2.16 bits per heavy atom. The predicted octanol–water partition coefficient (Wildman–Crippen LogP) is 4.54. The van der Waals surface area contributed by atoms with Gasteiger partial charge in [0.25, 0.3) is 0 Å². The van der Waals surface area contributed by atoms with Gasteiger partial charge in [0.2, 0.25) is 0 Å². The highest BCUT2D eigenvalue weighted by molar-refractivity contribution is 6.09. The van der Waals surface area contributed by atoms with Gasteiger partial charge < -0.3 is 9.30 Å². The Kier molecular flexibility index (Phi) is 3.38. The van der Waals surface area contributed by atoms with Crippen molar-refractivity contribution in [3.05, 3.63) is 71.8 Å². The normalized spacial score (nSPS) is 10.5. The van der Waals surface area contributed by atoms with Crippen LogP contribution < -0.4 is 4.74 Å². The summed E-state index contributed by atoms with van der Waals surface area (Å²) in [6.07, 6.45) is 0. The van der Waals surface area contributed by atoms with Crippen LogP contribution in [0.15, 0.2) is 60.7 Å². The second-order valence-electron chi connectivity index (χ2n) is 5.66. The average molecular weight is 323 g/mol. The van der Waals surface area contributed by atoms with Crippen LogP contribution in [0.5, 0.6) is 5.75 Å². The zero-order chi connectivity index (χ0) is 17.4. The molecule has 4 aromatic rings. The number of ether oxygens (including phenoxy) is 1. The molecule has 0 aliphatic carbocycles. The Morgan fingerprint density at radius 2 is 1.48 bits per heavy atom. The van der Waals surface area contributed by atoms with E-state index in [-0.39, 0.29) is 0 Å². The van der Waals surface area contributed by atoms with Crippen molar-refractivity contribution in [2.75, 3.05) is 7.11 Å². The molecule has 0 radical (unpaired) electrons. The van der Waals surface area contributed by atoms with Crippen molar-refractivity contribution in [3.8, 4) is 23.6 Å². The molecule has 0 bridgehead atoms. The van der Waals surface area contributed by atoms with Crippen molar-refractivity contribution >= 4 is 21.8 Å². The van der Waals surface area contributed by atoms with E-state index in [0.717, 1.165) is 27.6 Å². The number of rotatable bonds is 2. The summed E-state index contributed by atoms with van der Waals surface area (Å²) in [4.78, 5) is 0. The molecule has 0 unspecified atom stereocenters. The third-order valence-corrected chi connectivity index (χ3v) is 4.38. The third-order valence-electron chi connectivity index (χ3n) is 4.38. The second-order valence-corrected chi connectivity index (χ2v) is 5.66. The van der Waals surface area contributed by atoms with Gasteiger partial charge in [-0.1, -0.05) is 24.3 Å². The molecular formula is C21H13N3O. The van der Waals surface area contributed by atoms with Crippen LogP contribution in [0.25, 0.3) is 27.5 Å². The van der Waals surface area contributed by atoms with Crippen molar-refractivity contribution in [3.63, 3.8) is 0 Å². The Balaban J connectivity index is 2.26. The first kappa shape index (κ1) is 14.8. The first-order valence-electron chi connectivity index (χ1n) is 7.79. The number of benzene rings is 3. The fourth-order valence-corrected chi connectivity index (χ4v) is 3.28. The summed E-state index contributed by atoms with van der Waals surface area (Å²) in [6, 6.07) is 23.5. The fourth-order valence-electron chi connectivity index (χ4n) is 3.28. The van der Waals surface area contributed by atoms with Gasteiger partial charge in [-0.3, -0.25) is 0 Å². The van der Waals surface area contributed by atoms with Gasteiger partial charge in [0.15, 0.2) is 0 Å². The lowest BCUT2D eigenvalue weighted by Gasteiger charge is -2.12. The van der Waals surface area contributed by atoms with Gasteiger partial charge in [0.05, 0.1) is 35.0 Å². The molecule has 0 fully saturated rings. The first-order valence-corrected chi connectivity index (χ1v) is 7.79. The molecule has 0 aliphatic heterocycles. The monoisotopic (exact) mass is 323 g/mol. The van der Waals surface area contributed by atoms with Crippen LogP contribution >= 0.6 is 0 Å². The molecule has 118 valence electrons. The van der Waals surface area contributed by atoms with E-state index in [9.17, 15) is 10.5 Å². The van der Waals surface area contributed by atoms with E-state index in [2.05, 4.69) is 12.1 Å². The smallest absolute Gasteiger partial charge is 0.120 e. The van der Waals surface area contributed by atoms with Crippen LogP contribution in [0.3, 0.4) is 0 Å². The van der Waals surface area contributed by atoms with Crippen LogP contribution in [0.4, 0.5) is 0 Å². The molecule has 4 nitrogen and oxygen atoms in total. The highest BCUT2D eigenvalue weighted by Crippen LogP contribution is 2.35. The van der Waals surface area contributed by atoms with Gasteiger partial charge in [-0.2, -0.15) is 10.5 Å². The number of aromatic nitrogens is 1. The number of hydrogen-bond acceptors (Lipinski definition) is 3. The van der Waals surface area contributed by atoms with E-state index < -0.39 is 0 Å². The van der Waals surface area contributed by atoms with Crippen LogP contribution in [0, 0.1) is 22.7 Å². The highest BCUT2D eigenvalue weighted by atomic mass is 16.5. The number of nitriles is 2. The number of hydrogen-bond donors (Lipinski definition) is 0. The summed E-state index contributed by atoms with van der Waals surface area (Å²) in [5.41, 5.74) is 3.38. The van der Waals surface area contributed by atoms with E-state index in [1.165, 1.54) is 0 Å². The van der Waals surface area contributed by atoms with Gasteiger partial charge in [0.1, 0.15) is 17.9 Å². The highest BCUT2D eigenvalue weighted by Gasteiger charge is 2.18. The summed E-state index contributed by atoms with van der Waals surface area (Å²) >= 11 is 0. The predicted molar refractivity (Wildman–Crippen MR) is 96.8 cm³/mol. The molecule has 0 saturated heterocycles. The minimum atomic E-state index is 0.463. The van der Waals surface area contributed by atoms with E-state index >= 15 is 0 Å². The Labute approximate surface area is 144 Å². The van der Waals surface area contributed by atoms with Crippen LogP contribution in [-0.2, 0) is 0 Å². The van der Waals surface area contributed by atoms with Crippen LogP contribution in [-0.4, -0.2) is 11.7 Å². The molecular weight excluding hydrogens is 310 g/mol. The molecule has 0 atom stereocenters. The standard InChI is InChI=1S/C21H13N3O/c1-25-16-9-10-18-17-7-2-3-8-19(17)24(20(18)11-16)21-14(12-22)5-4-6-15(21)13-23/h2-11H,1H3. The molecule has 0 amide bonds. The molecule has 1 heterocycles. The largest absolute Gasteiger partial charge is 0.497 e. The number of methoxy groups -OCH3 is 1. The van der Waals surface area contributed by atoms with Gasteiger partial charge in [-0.15, -0.1) is 0 Å². The Hall–Kier alpha value is -3.76. The molecule has 4 heteroatoms. The van der Waals surface area contributed by atoms with Crippen molar-refractivity contribution in [2.45, 2.75) is 0 Å². The molecule has 0 N–H and O–H groups in total. The molecule has 4 rings (SSSR count). The summed E-state index contributed by atoms with van der Waals surface area (Å²) in [5, 5.41) is 21.3. The second kappa shape index (κ2) is 5.70. The van der Waals surface area contributed by atoms with Gasteiger partial charge in [-0.25, -0.2) is 0 Å². The van der Waals surface area contributed by atoms with E-state index in [1.807, 2.05) is 47.0 Å². The van der Waals surface area contributed by atoms with E-state index in [4.69, 9.17) is 4.74 Å². The quantitative estimate of drug-likeness (QED) is 0.544. The number of fused-ring (bicyclic) bond motifs is 3. The summed E-state index contributed by atoms with van der Waals surface area (Å²) in [6.45, 7) is 0. The minimum Gasteiger partial charge on any atom is -0.497 e. The summed E-state index contributed by atoms with van der Waals surface area (Å²) in [7, 11) is 1.62. The average Bonchev–Trinajstić information content (AvgIpc) is 3.00. The van der Waals surface area contributed by atoms with Crippen molar-refractivity contribution < 1.29 is 4.74 Å². The zero-order valence-electron chi connectivity index (χ0n) is 13.5. The maximum absolute atomic E-state index is 9.58. The number of para-hydroxylation sites is 2. The lowest BCUT2D eigenvalue weighted by Crippen LogP contribution is -2.01. The van der Waals surface area contributed by atoms with E-state index in [0.29, 0.717) is 16.8 Å². The lowest BCUT2D eigenvalue weighted by atomic mass is 10.1. The molecule has 25 heavy (non-hydrogen) atoms. The van der Waals surface area contributed by atoms with Crippen molar-refractivity contribution in [1.82, 2.24) is 4.57 Å². The van der Waals surface area contributed by atoms with Gasteiger partial charge >= 0.3 is 0 Å². The first-order chi connectivity index (χ1) is 12.3. The Morgan fingerprint density at radius 1 is 0.800 bits per heavy atom. The number of nitrogens with zero attached hydrogens (tertiary/aromatic N) is 3. The summed E-state index contributed by atoms with van der Waals surface area (Å²) < 4.78 is 7.36. The van der Waals surface area contributed by atoms with Crippen LogP contribution in [0.2, 0.25) is 0 Å². The Bertz CT molecular complexity index is 1170. The van der Waals surface area contributed by atoms with Crippen LogP contribution in [0.1, 0.15) is 11.1 Å². The SMILES string of the molecule is COc1ccc2c3ccccc3n(-c3c(C#N)cccc3C#N)c2c1. The maximum atomic E-state index is 9.58. The molecule has 0 aliphatic rings. The molecule has 0 spiro atoms. The topological polar surface area (TPSA) is 61.7 Å². The molecule has 0 saturated carbocycles. The third kappa shape index (κ3) is 2.13.